The molecule has 0 aromatic carbocycles. The summed E-state index contributed by atoms with van der Waals surface area (Å²) in [4.78, 5) is 30.4. The zero-order valence-corrected chi connectivity index (χ0v) is 15.5. The summed E-state index contributed by atoms with van der Waals surface area (Å²) < 4.78 is 12.9. The lowest BCUT2D eigenvalue weighted by atomic mass is 10.1. The lowest BCUT2D eigenvalue weighted by Gasteiger charge is -2.19. The number of amides is 2. The van der Waals surface area contributed by atoms with Gasteiger partial charge in [0.25, 0.3) is 5.91 Å². The van der Waals surface area contributed by atoms with Crippen LogP contribution in [0.3, 0.4) is 0 Å². The summed E-state index contributed by atoms with van der Waals surface area (Å²) in [5.74, 6) is -0.0507. The molecule has 2 amide bonds. The first-order valence-corrected chi connectivity index (χ1v) is 8.90. The van der Waals surface area contributed by atoms with Crippen molar-refractivity contribution in [1.29, 1.82) is 0 Å². The van der Waals surface area contributed by atoms with Gasteiger partial charge in [-0.3, -0.25) is 9.59 Å². The largest absolute Gasteiger partial charge is 0.391 e. The van der Waals surface area contributed by atoms with E-state index < -0.39 is 12.1 Å². The van der Waals surface area contributed by atoms with Gasteiger partial charge in [0.2, 0.25) is 11.8 Å². The van der Waals surface area contributed by atoms with E-state index in [0.717, 1.165) is 11.7 Å². The maximum atomic E-state index is 12.6. The molecule has 3 atom stereocenters. The molecule has 3 rings (SSSR count). The summed E-state index contributed by atoms with van der Waals surface area (Å²) in [6.45, 7) is 3.60. The van der Waals surface area contributed by atoms with Gasteiger partial charge in [0.15, 0.2) is 11.5 Å². The van der Waals surface area contributed by atoms with Crippen LogP contribution in [-0.4, -0.2) is 59.9 Å². The van der Waals surface area contributed by atoms with Crippen molar-refractivity contribution < 1.29 is 19.2 Å². The van der Waals surface area contributed by atoms with Gasteiger partial charge >= 0.3 is 0 Å². The molecule has 2 aromatic rings. The molecule has 2 N–H and O–H groups in total. The summed E-state index contributed by atoms with van der Waals surface area (Å²) in [7, 11) is 1.64. The van der Waals surface area contributed by atoms with Gasteiger partial charge in [-0.05, 0) is 26.7 Å². The predicted molar refractivity (Wildman–Crippen MR) is 90.1 cm³/mol. The fourth-order valence-corrected chi connectivity index (χ4v) is 3.59. The molecule has 11 heteroatoms. The molecule has 1 aliphatic carbocycles. The smallest absolute Gasteiger partial charge is 0.273 e. The number of aliphatic hydroxyl groups excluding tert-OH is 1. The van der Waals surface area contributed by atoms with E-state index in [4.69, 9.17) is 4.52 Å². The van der Waals surface area contributed by atoms with Gasteiger partial charge in [-0.15, -0.1) is 0 Å². The first kappa shape index (κ1) is 18.4. The van der Waals surface area contributed by atoms with Gasteiger partial charge < -0.3 is 19.8 Å². The average Bonchev–Trinajstić information content (AvgIpc) is 3.28. The van der Waals surface area contributed by atoms with Gasteiger partial charge in [-0.25, -0.2) is 0 Å². The monoisotopic (exact) mass is 380 g/mol. The summed E-state index contributed by atoms with van der Waals surface area (Å²) >= 11 is 0.961. The van der Waals surface area contributed by atoms with E-state index in [1.54, 1.807) is 20.9 Å². The second-order valence-electron chi connectivity index (χ2n) is 6.44. The van der Waals surface area contributed by atoms with E-state index >= 15 is 0 Å². The lowest BCUT2D eigenvalue weighted by Crippen LogP contribution is -2.40. The fraction of sp³-hybridized carbons (Fsp3) is 0.600. The second-order valence-corrected chi connectivity index (χ2v) is 6.97. The Bertz CT molecular complexity index is 806. The number of rotatable bonds is 5. The molecule has 1 aliphatic rings. The van der Waals surface area contributed by atoms with Gasteiger partial charge in [-0.2, -0.15) is 13.7 Å². The first-order valence-electron chi connectivity index (χ1n) is 8.17. The van der Waals surface area contributed by atoms with Crippen LogP contribution < -0.4 is 5.32 Å². The third kappa shape index (κ3) is 3.88. The number of hydrogen-bond acceptors (Lipinski definition) is 9. The third-order valence-corrected chi connectivity index (χ3v) is 5.00. The fourth-order valence-electron chi connectivity index (χ4n) is 3.04. The molecule has 140 valence electrons. The van der Waals surface area contributed by atoms with Crippen molar-refractivity contribution >= 4 is 23.5 Å². The standard InChI is InChI=1S/C15H20N6O4S/c1-7-13(20-26-19-7)14(23)17-10-4-9(5-11(10)22)15(24)21(3)6-12-16-8(2)18-25-12/h9-11,22H,4-6H2,1-3H3,(H,17,23)/t9-,10-,11-/m0/s1. The molecular formula is C15H20N6O4S. The number of aryl methyl sites for hydroxylation is 2. The van der Waals surface area contributed by atoms with Crippen LogP contribution in [0.15, 0.2) is 4.52 Å². The number of carbonyl (C=O) groups excluding carboxylic acids is 2. The van der Waals surface area contributed by atoms with Crippen molar-refractivity contribution in [1.82, 2.24) is 29.1 Å². The zero-order valence-electron chi connectivity index (χ0n) is 14.7. The Morgan fingerprint density at radius 1 is 1.35 bits per heavy atom. The molecule has 0 radical (unpaired) electrons. The van der Waals surface area contributed by atoms with Gasteiger partial charge in [0.05, 0.1) is 36.1 Å². The Morgan fingerprint density at radius 3 is 2.73 bits per heavy atom. The SMILES string of the molecule is Cc1noc(CN(C)C(=O)[C@H]2C[C@H](NC(=O)c3nsnc3C)[C@@H](O)C2)n1. The minimum Gasteiger partial charge on any atom is -0.391 e. The van der Waals surface area contributed by atoms with Crippen molar-refractivity contribution in [2.24, 2.45) is 5.92 Å². The van der Waals surface area contributed by atoms with Crippen LogP contribution >= 0.6 is 11.7 Å². The highest BCUT2D eigenvalue weighted by atomic mass is 32.1. The van der Waals surface area contributed by atoms with Crippen molar-refractivity contribution in [2.45, 2.75) is 45.4 Å². The van der Waals surface area contributed by atoms with Crippen LogP contribution in [0, 0.1) is 19.8 Å². The van der Waals surface area contributed by atoms with Crippen molar-refractivity contribution in [2.75, 3.05) is 7.05 Å². The minimum absolute atomic E-state index is 0.136. The summed E-state index contributed by atoms with van der Waals surface area (Å²) in [6, 6.07) is -0.503. The molecule has 10 nitrogen and oxygen atoms in total. The Morgan fingerprint density at radius 2 is 2.12 bits per heavy atom. The summed E-state index contributed by atoms with van der Waals surface area (Å²) in [5.41, 5.74) is 0.794. The first-order chi connectivity index (χ1) is 12.3. The number of nitrogens with one attached hydrogen (secondary N) is 1. The molecule has 0 unspecified atom stereocenters. The van der Waals surface area contributed by atoms with Crippen LogP contribution in [0.5, 0.6) is 0 Å². The molecule has 0 aliphatic heterocycles. The molecule has 2 heterocycles. The lowest BCUT2D eigenvalue weighted by molar-refractivity contribution is -0.135. The number of aromatic nitrogens is 4. The topological polar surface area (TPSA) is 134 Å². The highest BCUT2D eigenvalue weighted by molar-refractivity contribution is 6.99. The molecule has 26 heavy (non-hydrogen) atoms. The van der Waals surface area contributed by atoms with Gasteiger partial charge in [-0.1, -0.05) is 5.16 Å². The summed E-state index contributed by atoms with van der Waals surface area (Å²) in [6.07, 6.45) is -0.153. The average molecular weight is 380 g/mol. The van der Waals surface area contributed by atoms with Gasteiger partial charge in [0, 0.05) is 13.0 Å². The molecule has 0 bridgehead atoms. The summed E-state index contributed by atoms with van der Waals surface area (Å²) in [5, 5.41) is 16.7. The number of nitrogens with zero attached hydrogens (tertiary/aromatic N) is 5. The molecule has 0 spiro atoms. The highest BCUT2D eigenvalue weighted by Gasteiger charge is 2.39. The van der Waals surface area contributed by atoms with Crippen molar-refractivity contribution in [3.8, 4) is 0 Å². The van der Waals surface area contributed by atoms with E-state index in [-0.39, 0.29) is 36.4 Å². The zero-order chi connectivity index (χ0) is 18.8. The molecule has 2 aromatic heterocycles. The second kappa shape index (κ2) is 7.46. The Balaban J connectivity index is 1.58. The van der Waals surface area contributed by atoms with Crippen LogP contribution in [0.25, 0.3) is 0 Å². The maximum absolute atomic E-state index is 12.6. The molecule has 1 saturated carbocycles. The molecular weight excluding hydrogens is 360 g/mol. The number of aliphatic hydroxyl groups is 1. The minimum atomic E-state index is -0.793. The van der Waals surface area contributed by atoms with Crippen LogP contribution in [0.2, 0.25) is 0 Å². The number of hydrogen-bond donors (Lipinski definition) is 2. The van der Waals surface area contributed by atoms with Gasteiger partial charge in [0.1, 0.15) is 0 Å². The van der Waals surface area contributed by atoms with Crippen molar-refractivity contribution in [3.63, 3.8) is 0 Å². The maximum Gasteiger partial charge on any atom is 0.273 e. The predicted octanol–water partition coefficient (Wildman–Crippen LogP) is 0.0658. The Kier molecular flexibility index (Phi) is 5.28. The normalized spacial score (nSPS) is 22.4. The van der Waals surface area contributed by atoms with E-state index in [0.29, 0.717) is 23.8 Å². The van der Waals surface area contributed by atoms with Crippen LogP contribution in [-0.2, 0) is 11.3 Å². The molecule has 0 saturated heterocycles. The van der Waals surface area contributed by atoms with E-state index in [9.17, 15) is 14.7 Å². The third-order valence-electron chi connectivity index (χ3n) is 4.38. The number of carbonyl (C=O) groups is 2. The molecule has 1 fully saturated rings. The highest BCUT2D eigenvalue weighted by Crippen LogP contribution is 2.28. The van der Waals surface area contributed by atoms with Crippen LogP contribution in [0.1, 0.15) is 40.7 Å². The van der Waals surface area contributed by atoms with Crippen molar-refractivity contribution in [3.05, 3.63) is 23.1 Å². The Hall–Kier alpha value is -2.40. The van der Waals surface area contributed by atoms with E-state index in [2.05, 4.69) is 24.2 Å². The quantitative estimate of drug-likeness (QED) is 0.744. The van der Waals surface area contributed by atoms with E-state index in [1.165, 1.54) is 4.90 Å². The van der Waals surface area contributed by atoms with Crippen LogP contribution in [0.4, 0.5) is 0 Å². The Labute approximate surface area is 153 Å². The van der Waals surface area contributed by atoms with E-state index in [1.807, 2.05) is 0 Å².